The average Bonchev–Trinajstić information content (AvgIpc) is 2.26. The third-order valence-corrected chi connectivity index (χ3v) is 3.74. The van der Waals surface area contributed by atoms with Crippen LogP contribution in [0.5, 0.6) is 0 Å². The van der Waals surface area contributed by atoms with Crippen LogP contribution in [0.25, 0.3) is 0 Å². The number of nitrogens with one attached hydrogen (secondary N) is 1. The summed E-state index contributed by atoms with van der Waals surface area (Å²) in [6.45, 7) is -1.75. The molecule has 0 unspecified atom stereocenters. The number of hydrogen-bond acceptors (Lipinski definition) is 2. The van der Waals surface area contributed by atoms with Gasteiger partial charge in [-0.05, 0) is 0 Å². The van der Waals surface area contributed by atoms with E-state index in [9.17, 15) is 26.0 Å². The van der Waals surface area contributed by atoms with Gasteiger partial charge in [0.2, 0.25) is 0 Å². The van der Waals surface area contributed by atoms with Crippen LogP contribution in [0.3, 0.4) is 0 Å². The third kappa shape index (κ3) is 4.20. The summed E-state index contributed by atoms with van der Waals surface area (Å²) >= 11 is 2.03. The zero-order valence-electron chi connectivity index (χ0n) is 8.70. The van der Waals surface area contributed by atoms with Crippen LogP contribution < -0.4 is 4.72 Å². The Morgan fingerprint density at radius 1 is 1.33 bits per heavy atom. The summed E-state index contributed by atoms with van der Waals surface area (Å²) in [4.78, 5) is -0.813. The van der Waals surface area contributed by atoms with Gasteiger partial charge in [0, 0.05) is 0 Å². The molecule has 0 bridgehead atoms. The molecular formula is C9H7F4NO2SV. The Morgan fingerprint density at radius 2 is 1.94 bits per heavy atom. The molecule has 1 aromatic carbocycles. The van der Waals surface area contributed by atoms with E-state index in [1.807, 2.05) is 17.0 Å². The summed E-state index contributed by atoms with van der Waals surface area (Å²) in [5, 5.41) is 0. The van der Waals surface area contributed by atoms with Crippen molar-refractivity contribution in [1.82, 2.24) is 4.72 Å². The van der Waals surface area contributed by atoms with Gasteiger partial charge in [0.05, 0.1) is 0 Å². The molecule has 0 saturated heterocycles. The summed E-state index contributed by atoms with van der Waals surface area (Å²) in [7, 11) is -4.53. The van der Waals surface area contributed by atoms with E-state index in [4.69, 9.17) is 0 Å². The second-order valence-electron chi connectivity index (χ2n) is 3.26. The van der Waals surface area contributed by atoms with E-state index < -0.39 is 33.5 Å². The molecule has 0 spiro atoms. The monoisotopic (exact) mass is 320 g/mol. The fourth-order valence-electron chi connectivity index (χ4n) is 1.06. The van der Waals surface area contributed by atoms with Crippen molar-refractivity contribution in [1.29, 1.82) is 0 Å². The maximum absolute atomic E-state index is 13.3. The Balaban J connectivity index is 3.08. The Hall–Kier alpha value is -0.696. The normalized spacial score (nSPS) is 12.4. The first-order chi connectivity index (χ1) is 8.15. The Kier molecular flexibility index (Phi) is 4.71. The molecule has 0 aliphatic rings. The molecule has 3 nitrogen and oxygen atoms in total. The standard InChI is InChI=1S/C9H7F4NO2S.V/c1-6-2-3-7(10)8(4-6)17(15,16)14-5-9(11,12)13;/h1-4,14H,5H2;. The van der Waals surface area contributed by atoms with E-state index in [0.29, 0.717) is 5.56 Å². The van der Waals surface area contributed by atoms with Gasteiger partial charge in [0.15, 0.2) is 0 Å². The fourth-order valence-corrected chi connectivity index (χ4v) is 2.44. The van der Waals surface area contributed by atoms with E-state index in [0.717, 1.165) is 12.1 Å². The Labute approximate surface area is 110 Å². The molecule has 0 heterocycles. The zero-order valence-corrected chi connectivity index (χ0v) is 10.9. The minimum atomic E-state index is -4.70. The van der Waals surface area contributed by atoms with Gasteiger partial charge in [-0.3, -0.25) is 0 Å². The summed E-state index contributed by atoms with van der Waals surface area (Å²) in [5.41, 5.74) is 0.365. The predicted molar refractivity (Wildman–Crippen MR) is 52.8 cm³/mol. The van der Waals surface area contributed by atoms with Crippen LogP contribution in [0, 0.1) is 5.82 Å². The second kappa shape index (κ2) is 5.52. The summed E-state index contributed by atoms with van der Waals surface area (Å²) < 4.78 is 74.8. The number of benzene rings is 1. The first-order valence-corrected chi connectivity index (χ1v) is 6.78. The van der Waals surface area contributed by atoms with Gasteiger partial charge < -0.3 is 0 Å². The topological polar surface area (TPSA) is 46.2 Å². The number of hydrogen-bond donors (Lipinski definition) is 1. The summed E-state index contributed by atoms with van der Waals surface area (Å²) in [6.07, 6.45) is -4.70. The molecule has 0 amide bonds. The van der Waals surface area contributed by atoms with Crippen molar-refractivity contribution in [3.05, 3.63) is 29.6 Å². The van der Waals surface area contributed by atoms with E-state index in [1.54, 1.807) is 0 Å². The van der Waals surface area contributed by atoms with Crippen molar-refractivity contribution in [3.63, 3.8) is 0 Å². The van der Waals surface area contributed by atoms with Gasteiger partial charge in [-0.15, -0.1) is 0 Å². The zero-order chi connectivity index (χ0) is 14.0. The van der Waals surface area contributed by atoms with Crippen molar-refractivity contribution in [2.24, 2.45) is 0 Å². The SMILES string of the molecule is O=S(=O)(NCC(F)(F)F)c1cc([CH]=[V])ccc1F. The van der Waals surface area contributed by atoms with Crippen LogP contribution in [0.4, 0.5) is 17.6 Å². The van der Waals surface area contributed by atoms with E-state index in [2.05, 4.69) is 0 Å². The number of sulfonamides is 1. The van der Waals surface area contributed by atoms with Gasteiger partial charge in [0.1, 0.15) is 0 Å². The molecule has 99 valence electrons. The third-order valence-electron chi connectivity index (χ3n) is 1.86. The summed E-state index contributed by atoms with van der Waals surface area (Å²) in [5.74, 6) is -1.11. The Bertz CT molecular complexity index is 556. The van der Waals surface area contributed by atoms with Crippen molar-refractivity contribution in [2.75, 3.05) is 6.54 Å². The molecule has 0 atom stereocenters. The molecule has 1 rings (SSSR count). The number of halogens is 4. The van der Waals surface area contributed by atoms with Crippen molar-refractivity contribution >= 4 is 14.8 Å². The van der Waals surface area contributed by atoms with Crippen LogP contribution in [-0.4, -0.2) is 25.9 Å². The van der Waals surface area contributed by atoms with Gasteiger partial charge in [-0.25, -0.2) is 0 Å². The molecule has 1 aromatic rings. The van der Waals surface area contributed by atoms with Crippen LogP contribution in [-0.2, 0) is 27.0 Å². The van der Waals surface area contributed by atoms with Gasteiger partial charge in [0.25, 0.3) is 0 Å². The fraction of sp³-hybridized carbons (Fsp3) is 0.222. The number of alkyl halides is 3. The van der Waals surface area contributed by atoms with Gasteiger partial charge in [-0.2, -0.15) is 0 Å². The van der Waals surface area contributed by atoms with Crippen LogP contribution in [0.1, 0.15) is 5.56 Å². The molecule has 0 aliphatic heterocycles. The van der Waals surface area contributed by atoms with Crippen LogP contribution in [0.2, 0.25) is 0 Å². The summed E-state index contributed by atoms with van der Waals surface area (Å²) in [6, 6.07) is 3.13. The predicted octanol–water partition coefficient (Wildman–Crippen LogP) is 1.36. The molecular weight excluding hydrogens is 313 g/mol. The van der Waals surface area contributed by atoms with E-state index in [1.165, 1.54) is 15.5 Å². The van der Waals surface area contributed by atoms with Gasteiger partial charge >= 0.3 is 110 Å². The van der Waals surface area contributed by atoms with Crippen LogP contribution in [0.15, 0.2) is 23.1 Å². The van der Waals surface area contributed by atoms with Crippen molar-refractivity contribution in [2.45, 2.75) is 11.1 Å². The first-order valence-electron chi connectivity index (χ1n) is 4.49. The van der Waals surface area contributed by atoms with E-state index >= 15 is 0 Å². The molecule has 18 heavy (non-hydrogen) atoms. The molecule has 0 saturated carbocycles. The maximum atomic E-state index is 13.3. The van der Waals surface area contributed by atoms with Crippen molar-refractivity contribution in [3.8, 4) is 0 Å². The molecule has 9 heteroatoms. The number of rotatable bonds is 4. The molecule has 0 radical (unpaired) electrons. The molecule has 0 aromatic heterocycles. The van der Waals surface area contributed by atoms with Crippen molar-refractivity contribution < 1.29 is 43.0 Å². The average molecular weight is 320 g/mol. The van der Waals surface area contributed by atoms with Crippen LogP contribution >= 0.6 is 0 Å². The molecule has 0 fully saturated rings. The quantitative estimate of drug-likeness (QED) is 0.852. The minimum absolute atomic E-state index is 0.365. The van der Waals surface area contributed by atoms with E-state index in [-0.39, 0.29) is 0 Å². The van der Waals surface area contributed by atoms with Gasteiger partial charge in [-0.1, -0.05) is 0 Å². The molecule has 0 aliphatic carbocycles. The molecule has 1 N–H and O–H groups in total. The Morgan fingerprint density at radius 3 is 2.44 bits per heavy atom. The second-order valence-corrected chi connectivity index (χ2v) is 5.40. The first kappa shape index (κ1) is 15.4.